The van der Waals surface area contributed by atoms with E-state index in [1.165, 1.54) is 18.6 Å². The number of fused-ring (bicyclic) bond motifs is 2. The van der Waals surface area contributed by atoms with Gasteiger partial charge in [0, 0.05) is 12.0 Å². The molecule has 0 aromatic carbocycles. The van der Waals surface area contributed by atoms with E-state index in [0.29, 0.717) is 5.41 Å². The van der Waals surface area contributed by atoms with Gasteiger partial charge in [0.2, 0.25) is 0 Å². The van der Waals surface area contributed by atoms with E-state index in [1.807, 2.05) is 0 Å². The molecule has 0 amide bonds. The molecule has 104 valence electrons. The summed E-state index contributed by atoms with van der Waals surface area (Å²) in [5, 5.41) is 4.52. The lowest BCUT2D eigenvalue weighted by Crippen LogP contribution is -2.33. The molecule has 3 atom stereocenters. The average Bonchev–Trinajstić information content (AvgIpc) is 2.57. The predicted molar refractivity (Wildman–Crippen MR) is 75.8 cm³/mol. The fourth-order valence-corrected chi connectivity index (χ4v) is 3.77. The zero-order valence-corrected chi connectivity index (χ0v) is 12.8. The van der Waals surface area contributed by atoms with Crippen LogP contribution in [-0.4, -0.2) is 37.4 Å². The summed E-state index contributed by atoms with van der Waals surface area (Å²) in [5.74, 6) is 0.800. The molecule has 18 heavy (non-hydrogen) atoms. The van der Waals surface area contributed by atoms with Crippen molar-refractivity contribution in [2.45, 2.75) is 53.1 Å². The fourth-order valence-electron chi connectivity index (χ4n) is 3.77. The third-order valence-electron chi connectivity index (χ3n) is 5.48. The van der Waals surface area contributed by atoms with Gasteiger partial charge >= 0.3 is 0 Å². The summed E-state index contributed by atoms with van der Waals surface area (Å²) in [6.45, 7) is 10.2. The Kier molecular flexibility index (Phi) is 3.48. The second-order valence-electron chi connectivity index (χ2n) is 7.21. The van der Waals surface area contributed by atoms with Crippen LogP contribution >= 0.6 is 0 Å². The Labute approximate surface area is 112 Å². The molecule has 2 bridgehead atoms. The molecule has 0 aliphatic heterocycles. The number of hydrogen-bond donors (Lipinski definition) is 0. The van der Waals surface area contributed by atoms with Crippen molar-refractivity contribution in [1.29, 1.82) is 0 Å². The largest absolute Gasteiger partial charge is 0.391 e. The second kappa shape index (κ2) is 4.52. The molecule has 2 fully saturated rings. The van der Waals surface area contributed by atoms with E-state index in [9.17, 15) is 0 Å². The lowest BCUT2D eigenvalue weighted by molar-refractivity contribution is 0.0502. The van der Waals surface area contributed by atoms with Gasteiger partial charge in [0.05, 0.1) is 5.71 Å². The quantitative estimate of drug-likeness (QED) is 0.718. The highest BCUT2D eigenvalue weighted by atomic mass is 16.6. The maximum atomic E-state index is 5.69. The van der Waals surface area contributed by atoms with Crippen molar-refractivity contribution in [2.75, 3.05) is 20.6 Å². The normalized spacial score (nSPS) is 37.5. The summed E-state index contributed by atoms with van der Waals surface area (Å²) in [6, 6.07) is 0. The van der Waals surface area contributed by atoms with E-state index < -0.39 is 0 Å². The highest BCUT2D eigenvalue weighted by molar-refractivity contribution is 5.93. The topological polar surface area (TPSA) is 24.8 Å². The van der Waals surface area contributed by atoms with Crippen LogP contribution in [0.5, 0.6) is 0 Å². The van der Waals surface area contributed by atoms with E-state index in [0.717, 1.165) is 18.9 Å². The van der Waals surface area contributed by atoms with Crippen molar-refractivity contribution in [1.82, 2.24) is 4.90 Å². The standard InChI is InChI=1S/C15H28N2O/c1-11(10-17(5)6)18-16-13-9-12-7-8-15(13,4)14(12,2)3/h11-12H,7-10H2,1-6H3/b16-13-. The van der Waals surface area contributed by atoms with Gasteiger partial charge in [0.1, 0.15) is 6.10 Å². The van der Waals surface area contributed by atoms with Gasteiger partial charge in [-0.05, 0) is 51.6 Å². The van der Waals surface area contributed by atoms with E-state index in [2.05, 4.69) is 51.8 Å². The number of likely N-dealkylation sites (N-methyl/N-ethyl adjacent to an activating group) is 1. The highest BCUT2D eigenvalue weighted by Gasteiger charge is 2.60. The molecular formula is C15H28N2O. The van der Waals surface area contributed by atoms with Crippen molar-refractivity contribution in [3.63, 3.8) is 0 Å². The van der Waals surface area contributed by atoms with E-state index in [1.54, 1.807) is 0 Å². The van der Waals surface area contributed by atoms with Crippen LogP contribution in [0.1, 0.15) is 47.0 Å². The maximum Gasteiger partial charge on any atom is 0.137 e. The molecule has 0 aromatic rings. The van der Waals surface area contributed by atoms with Gasteiger partial charge in [-0.15, -0.1) is 0 Å². The first-order valence-corrected chi connectivity index (χ1v) is 7.15. The van der Waals surface area contributed by atoms with Gasteiger partial charge in [0.15, 0.2) is 0 Å². The van der Waals surface area contributed by atoms with Gasteiger partial charge in [-0.1, -0.05) is 25.9 Å². The number of rotatable bonds is 4. The van der Waals surface area contributed by atoms with Crippen LogP contribution in [0.2, 0.25) is 0 Å². The van der Waals surface area contributed by atoms with Crippen LogP contribution in [0, 0.1) is 16.7 Å². The Morgan fingerprint density at radius 2 is 2.06 bits per heavy atom. The molecule has 0 saturated heterocycles. The van der Waals surface area contributed by atoms with Crippen LogP contribution in [0.4, 0.5) is 0 Å². The first-order chi connectivity index (χ1) is 8.27. The molecule has 3 heteroatoms. The first-order valence-electron chi connectivity index (χ1n) is 7.15. The van der Waals surface area contributed by atoms with Gasteiger partial charge in [-0.3, -0.25) is 0 Å². The smallest absolute Gasteiger partial charge is 0.137 e. The molecule has 2 aliphatic carbocycles. The molecule has 0 radical (unpaired) electrons. The zero-order chi connectivity index (χ0) is 13.6. The van der Waals surface area contributed by atoms with Gasteiger partial charge in [0.25, 0.3) is 0 Å². The Balaban J connectivity index is 2.03. The Morgan fingerprint density at radius 3 is 2.50 bits per heavy atom. The molecule has 2 rings (SSSR count). The lowest BCUT2D eigenvalue weighted by atomic mass is 9.70. The van der Waals surface area contributed by atoms with Crippen molar-refractivity contribution < 1.29 is 4.84 Å². The summed E-state index contributed by atoms with van der Waals surface area (Å²) in [7, 11) is 4.13. The van der Waals surface area contributed by atoms with Crippen LogP contribution < -0.4 is 0 Å². The molecule has 0 heterocycles. The molecule has 0 N–H and O–H groups in total. The minimum absolute atomic E-state index is 0.165. The number of hydrogen-bond acceptors (Lipinski definition) is 3. The summed E-state index contributed by atoms with van der Waals surface area (Å²) in [4.78, 5) is 7.83. The third kappa shape index (κ3) is 2.07. The van der Waals surface area contributed by atoms with Crippen LogP contribution in [0.15, 0.2) is 5.16 Å². The van der Waals surface area contributed by atoms with Crippen LogP contribution in [-0.2, 0) is 4.84 Å². The Morgan fingerprint density at radius 1 is 1.39 bits per heavy atom. The average molecular weight is 252 g/mol. The van der Waals surface area contributed by atoms with Gasteiger partial charge in [-0.25, -0.2) is 0 Å². The fraction of sp³-hybridized carbons (Fsp3) is 0.933. The lowest BCUT2D eigenvalue weighted by Gasteiger charge is -2.34. The zero-order valence-electron chi connectivity index (χ0n) is 12.8. The monoisotopic (exact) mass is 252 g/mol. The summed E-state index contributed by atoms with van der Waals surface area (Å²) < 4.78 is 0. The van der Waals surface area contributed by atoms with E-state index in [-0.39, 0.29) is 11.5 Å². The summed E-state index contributed by atoms with van der Waals surface area (Å²) in [5.41, 5.74) is 1.95. The van der Waals surface area contributed by atoms with Crippen molar-refractivity contribution >= 4 is 5.71 Å². The van der Waals surface area contributed by atoms with Gasteiger partial charge in [-0.2, -0.15) is 0 Å². The molecule has 2 saturated carbocycles. The number of oxime groups is 1. The molecule has 0 aromatic heterocycles. The molecule has 3 unspecified atom stereocenters. The van der Waals surface area contributed by atoms with Crippen molar-refractivity contribution in [2.24, 2.45) is 21.9 Å². The first kappa shape index (κ1) is 13.9. The minimum atomic E-state index is 0.165. The van der Waals surface area contributed by atoms with E-state index >= 15 is 0 Å². The van der Waals surface area contributed by atoms with Crippen LogP contribution in [0.3, 0.4) is 0 Å². The predicted octanol–water partition coefficient (Wildman–Crippen LogP) is 3.16. The summed E-state index contributed by atoms with van der Waals surface area (Å²) in [6.07, 6.45) is 3.93. The highest BCUT2D eigenvalue weighted by Crippen LogP contribution is 2.63. The Bertz CT molecular complexity index is 348. The molecule has 2 aliphatic rings. The number of nitrogens with zero attached hydrogens (tertiary/aromatic N) is 2. The molecular weight excluding hydrogens is 224 g/mol. The van der Waals surface area contributed by atoms with Crippen molar-refractivity contribution in [3.8, 4) is 0 Å². The van der Waals surface area contributed by atoms with Crippen LogP contribution in [0.25, 0.3) is 0 Å². The Hall–Kier alpha value is -0.570. The maximum absolute atomic E-state index is 5.69. The summed E-state index contributed by atoms with van der Waals surface area (Å²) >= 11 is 0. The molecule has 0 spiro atoms. The molecule has 3 nitrogen and oxygen atoms in total. The second-order valence-corrected chi connectivity index (χ2v) is 7.21. The minimum Gasteiger partial charge on any atom is -0.391 e. The van der Waals surface area contributed by atoms with E-state index in [4.69, 9.17) is 4.84 Å². The van der Waals surface area contributed by atoms with Crippen molar-refractivity contribution in [3.05, 3.63) is 0 Å². The van der Waals surface area contributed by atoms with Gasteiger partial charge < -0.3 is 9.74 Å². The SMILES string of the molecule is CC(CN(C)C)O/N=C1/CC2CCC1(C)C2(C)C. The third-order valence-corrected chi connectivity index (χ3v) is 5.48.